The predicted molar refractivity (Wildman–Crippen MR) is 136 cm³/mol. The number of hydrogen-bond donors (Lipinski definition) is 1. The van der Waals surface area contributed by atoms with Crippen LogP contribution in [0, 0.1) is 19.7 Å². The third-order valence-electron chi connectivity index (χ3n) is 5.41. The van der Waals surface area contributed by atoms with Crippen molar-refractivity contribution in [3.8, 4) is 0 Å². The molecular weight excluding hydrogens is 473 g/mol. The van der Waals surface area contributed by atoms with Gasteiger partial charge < -0.3 is 5.32 Å². The van der Waals surface area contributed by atoms with Crippen LogP contribution in [0.5, 0.6) is 0 Å². The van der Waals surface area contributed by atoms with Gasteiger partial charge >= 0.3 is 0 Å². The number of carbonyl (C=O) groups excluding carboxylic acids is 2. The minimum Gasteiger partial charge on any atom is -0.324 e. The number of nitrogens with one attached hydrogen (secondary N) is 1. The third-order valence-corrected chi connectivity index (χ3v) is 6.95. The van der Waals surface area contributed by atoms with Crippen molar-refractivity contribution in [1.82, 2.24) is 4.90 Å². The van der Waals surface area contributed by atoms with E-state index in [2.05, 4.69) is 5.32 Å². The number of anilines is 1. The van der Waals surface area contributed by atoms with E-state index in [9.17, 15) is 14.0 Å². The first-order valence-corrected chi connectivity index (χ1v) is 12.0. The number of amides is 2. The first-order chi connectivity index (χ1) is 16.3. The van der Waals surface area contributed by atoms with Gasteiger partial charge in [0.15, 0.2) is 5.17 Å². The maximum Gasteiger partial charge on any atom is 0.242 e. The number of para-hydroxylation sites is 1. The number of aryl methyl sites for hydroxylation is 2. The summed E-state index contributed by atoms with van der Waals surface area (Å²) in [5, 5.41) is 2.92. The van der Waals surface area contributed by atoms with Crippen LogP contribution in [0.25, 0.3) is 0 Å². The molecule has 3 aromatic carbocycles. The Kier molecular flexibility index (Phi) is 7.34. The maximum absolute atomic E-state index is 13.9. The van der Waals surface area contributed by atoms with Gasteiger partial charge in [-0.1, -0.05) is 65.8 Å². The van der Waals surface area contributed by atoms with Crippen molar-refractivity contribution in [2.75, 3.05) is 5.32 Å². The molecule has 2 amide bonds. The van der Waals surface area contributed by atoms with Gasteiger partial charge in [0.2, 0.25) is 11.8 Å². The number of amidine groups is 1. The first kappa shape index (κ1) is 24.0. The van der Waals surface area contributed by atoms with Crippen molar-refractivity contribution in [1.29, 1.82) is 0 Å². The smallest absolute Gasteiger partial charge is 0.242 e. The summed E-state index contributed by atoms with van der Waals surface area (Å²) in [4.78, 5) is 32.3. The molecule has 0 unspecified atom stereocenters. The molecule has 1 fully saturated rings. The molecule has 174 valence electrons. The second-order valence-corrected chi connectivity index (χ2v) is 9.62. The van der Waals surface area contributed by atoms with Gasteiger partial charge in [-0.25, -0.2) is 9.38 Å². The van der Waals surface area contributed by atoms with Crippen LogP contribution in [-0.4, -0.2) is 27.1 Å². The van der Waals surface area contributed by atoms with Gasteiger partial charge in [0.1, 0.15) is 11.1 Å². The number of benzene rings is 3. The molecule has 1 aliphatic rings. The predicted octanol–water partition coefficient (Wildman–Crippen LogP) is 6.26. The van der Waals surface area contributed by atoms with E-state index in [1.165, 1.54) is 23.9 Å². The molecule has 5 nitrogen and oxygen atoms in total. The number of hydrogen-bond acceptors (Lipinski definition) is 4. The molecule has 0 saturated carbocycles. The van der Waals surface area contributed by atoms with Crippen molar-refractivity contribution in [3.63, 3.8) is 0 Å². The Labute approximate surface area is 207 Å². The normalized spacial score (nSPS) is 16.8. The quantitative estimate of drug-likeness (QED) is 0.439. The summed E-state index contributed by atoms with van der Waals surface area (Å²) in [5.74, 6) is -1.21. The molecule has 0 bridgehead atoms. The monoisotopic (exact) mass is 495 g/mol. The van der Waals surface area contributed by atoms with Crippen LogP contribution in [0.1, 0.15) is 23.1 Å². The highest BCUT2D eigenvalue weighted by Crippen LogP contribution is 2.35. The molecule has 0 radical (unpaired) electrons. The lowest BCUT2D eigenvalue weighted by atomic mass is 10.1. The number of carbonyl (C=O) groups is 2. The van der Waals surface area contributed by atoms with Gasteiger partial charge in [-0.05, 0) is 54.8 Å². The fourth-order valence-corrected chi connectivity index (χ4v) is 4.89. The SMILES string of the molecule is Cc1ccc(C)c(N=C2S[C@@H](CC(=O)Nc3ccccc3F)C(=O)N2Cc2ccccc2Cl)c1. The van der Waals surface area contributed by atoms with Crippen LogP contribution in [0.3, 0.4) is 0 Å². The lowest BCUT2D eigenvalue weighted by Gasteiger charge is -2.18. The van der Waals surface area contributed by atoms with Crippen molar-refractivity contribution in [2.24, 2.45) is 4.99 Å². The molecule has 3 aromatic rings. The average Bonchev–Trinajstić information content (AvgIpc) is 3.08. The Morgan fingerprint density at radius 2 is 1.85 bits per heavy atom. The molecule has 1 heterocycles. The van der Waals surface area contributed by atoms with E-state index in [1.54, 1.807) is 23.1 Å². The van der Waals surface area contributed by atoms with E-state index < -0.39 is 17.0 Å². The average molecular weight is 496 g/mol. The highest BCUT2D eigenvalue weighted by Gasteiger charge is 2.39. The molecule has 0 spiro atoms. The number of rotatable bonds is 6. The van der Waals surface area contributed by atoms with Gasteiger partial charge in [0.05, 0.1) is 17.9 Å². The number of aliphatic imine (C=N–C) groups is 1. The van der Waals surface area contributed by atoms with Gasteiger partial charge in [0, 0.05) is 11.4 Å². The molecule has 1 saturated heterocycles. The summed E-state index contributed by atoms with van der Waals surface area (Å²) in [6.45, 7) is 4.17. The zero-order chi connectivity index (χ0) is 24.2. The second-order valence-electron chi connectivity index (χ2n) is 8.04. The summed E-state index contributed by atoms with van der Waals surface area (Å²) < 4.78 is 13.9. The molecule has 34 heavy (non-hydrogen) atoms. The van der Waals surface area contributed by atoms with Gasteiger partial charge in [0.25, 0.3) is 0 Å². The largest absolute Gasteiger partial charge is 0.324 e. The first-order valence-electron chi connectivity index (χ1n) is 10.7. The molecule has 1 N–H and O–H groups in total. The summed E-state index contributed by atoms with van der Waals surface area (Å²) >= 11 is 7.58. The molecule has 0 aliphatic carbocycles. The highest BCUT2D eigenvalue weighted by atomic mass is 35.5. The topological polar surface area (TPSA) is 61.8 Å². The number of halogens is 2. The van der Waals surface area contributed by atoms with Crippen molar-refractivity contribution >= 4 is 51.7 Å². The van der Waals surface area contributed by atoms with E-state index in [0.29, 0.717) is 10.2 Å². The zero-order valence-corrected chi connectivity index (χ0v) is 20.3. The molecule has 1 aliphatic heterocycles. The minimum absolute atomic E-state index is 0.0835. The van der Waals surface area contributed by atoms with Gasteiger partial charge in [-0.15, -0.1) is 0 Å². The highest BCUT2D eigenvalue weighted by molar-refractivity contribution is 8.15. The minimum atomic E-state index is -0.682. The Morgan fingerprint density at radius 3 is 2.62 bits per heavy atom. The molecule has 0 aromatic heterocycles. The van der Waals surface area contributed by atoms with Crippen molar-refractivity contribution in [3.05, 3.63) is 94.3 Å². The fourth-order valence-electron chi connectivity index (χ4n) is 3.54. The Bertz CT molecular complexity index is 1280. The molecule has 4 rings (SSSR count). The van der Waals surface area contributed by atoms with Gasteiger partial charge in [-0.3, -0.25) is 14.5 Å². The van der Waals surface area contributed by atoms with Crippen LogP contribution in [0.4, 0.5) is 15.8 Å². The number of nitrogens with zero attached hydrogens (tertiary/aromatic N) is 2. The van der Waals surface area contributed by atoms with E-state index in [-0.39, 0.29) is 24.6 Å². The van der Waals surface area contributed by atoms with Crippen LogP contribution >= 0.6 is 23.4 Å². The Morgan fingerprint density at radius 1 is 1.12 bits per heavy atom. The maximum atomic E-state index is 13.9. The zero-order valence-electron chi connectivity index (χ0n) is 18.7. The van der Waals surface area contributed by atoms with E-state index in [1.807, 2.05) is 50.2 Å². The third kappa shape index (κ3) is 5.48. The molecular formula is C26H23ClFN3O2S. The standard InChI is InChI=1S/C26H23ClFN3O2S/c1-16-11-12-17(2)22(13-16)30-26-31(15-18-7-3-4-8-19(18)27)25(33)23(34-26)14-24(32)29-21-10-6-5-9-20(21)28/h3-13,23H,14-15H2,1-2H3,(H,29,32)/t23-/m0/s1. The van der Waals surface area contributed by atoms with Crippen LogP contribution in [-0.2, 0) is 16.1 Å². The fraction of sp³-hybridized carbons (Fsp3) is 0.192. The lowest BCUT2D eigenvalue weighted by Crippen LogP contribution is -2.33. The molecule has 1 atom stereocenters. The lowest BCUT2D eigenvalue weighted by molar-refractivity contribution is -0.128. The summed E-state index contributed by atoms with van der Waals surface area (Å²) in [7, 11) is 0. The Balaban J connectivity index is 1.61. The van der Waals surface area contributed by atoms with E-state index in [4.69, 9.17) is 16.6 Å². The van der Waals surface area contributed by atoms with Crippen molar-refractivity contribution < 1.29 is 14.0 Å². The van der Waals surface area contributed by atoms with Gasteiger partial charge in [-0.2, -0.15) is 0 Å². The Hall–Kier alpha value is -3.16. The summed E-state index contributed by atoms with van der Waals surface area (Å²) in [5.41, 5.74) is 3.65. The van der Waals surface area contributed by atoms with Crippen LogP contribution < -0.4 is 5.32 Å². The molecule has 8 heteroatoms. The summed E-state index contributed by atoms with van der Waals surface area (Å²) in [6.07, 6.45) is -0.108. The van der Waals surface area contributed by atoms with Crippen LogP contribution in [0.2, 0.25) is 5.02 Å². The summed E-state index contributed by atoms with van der Waals surface area (Å²) in [6, 6.07) is 19.2. The van der Waals surface area contributed by atoms with Crippen molar-refractivity contribution in [2.45, 2.75) is 32.1 Å². The number of thioether (sulfide) groups is 1. The van der Waals surface area contributed by atoms with E-state index >= 15 is 0 Å². The second kappa shape index (κ2) is 10.4. The van der Waals surface area contributed by atoms with E-state index in [0.717, 1.165) is 22.4 Å². The van der Waals surface area contributed by atoms with Crippen LogP contribution in [0.15, 0.2) is 71.7 Å².